The van der Waals surface area contributed by atoms with Crippen LogP contribution in [0, 0.1) is 0 Å². The van der Waals surface area contributed by atoms with Crippen LogP contribution in [0.2, 0.25) is 0 Å². The van der Waals surface area contributed by atoms with E-state index in [1.165, 1.54) is 35.9 Å². The van der Waals surface area contributed by atoms with Crippen molar-refractivity contribution in [3.63, 3.8) is 0 Å². The molecule has 0 aliphatic rings. The second-order valence-corrected chi connectivity index (χ2v) is 9.30. The second-order valence-electron chi connectivity index (χ2n) is 7.41. The van der Waals surface area contributed by atoms with Gasteiger partial charge >= 0.3 is 0 Å². The molecule has 11 heteroatoms. The molecule has 0 unspecified atom stereocenters. The van der Waals surface area contributed by atoms with E-state index in [-0.39, 0.29) is 29.0 Å². The molecule has 0 aliphatic carbocycles. The Hall–Kier alpha value is -3.41. The summed E-state index contributed by atoms with van der Waals surface area (Å²) in [5.41, 5.74) is 7.28. The van der Waals surface area contributed by atoms with E-state index in [0.29, 0.717) is 23.6 Å². The monoisotopic (exact) mass is 470 g/mol. The molecule has 0 saturated carbocycles. The van der Waals surface area contributed by atoms with Gasteiger partial charge in [0, 0.05) is 31.5 Å². The van der Waals surface area contributed by atoms with Crippen LogP contribution in [-0.2, 0) is 14.8 Å². The molecule has 0 spiro atoms. The zero-order valence-corrected chi connectivity index (χ0v) is 19.4. The molecule has 10 nitrogen and oxygen atoms in total. The Bertz CT molecular complexity index is 1200. The van der Waals surface area contributed by atoms with E-state index in [0.717, 1.165) is 0 Å². The summed E-state index contributed by atoms with van der Waals surface area (Å²) in [6, 6.07) is 9.38. The zero-order chi connectivity index (χ0) is 24.0. The summed E-state index contributed by atoms with van der Waals surface area (Å²) in [6.45, 7) is 4.16. The fraction of sp³-hybridized carbons (Fsp3) is 0.273. The predicted octanol–water partition coefficient (Wildman–Crippen LogP) is 2.42. The molecule has 3 rings (SSSR count). The number of benzene rings is 1. The molecule has 2 heterocycles. The third-order valence-corrected chi connectivity index (χ3v) is 6.87. The van der Waals surface area contributed by atoms with Crippen LogP contribution in [0.1, 0.15) is 24.3 Å². The van der Waals surface area contributed by atoms with Gasteiger partial charge in [0.05, 0.1) is 35.3 Å². The van der Waals surface area contributed by atoms with Crippen LogP contribution >= 0.6 is 0 Å². The molecule has 1 amide bonds. The number of carbonyl (C=O) groups excluding carboxylic acids is 1. The molecule has 1 aromatic carbocycles. The fourth-order valence-corrected chi connectivity index (χ4v) is 4.72. The van der Waals surface area contributed by atoms with Crippen molar-refractivity contribution in [2.75, 3.05) is 31.3 Å². The van der Waals surface area contributed by atoms with Gasteiger partial charge in [-0.25, -0.2) is 18.4 Å². The Morgan fingerprint density at radius 1 is 1.18 bits per heavy atom. The average Bonchev–Trinajstić information content (AvgIpc) is 2.80. The molecule has 0 atom stereocenters. The molecule has 0 radical (unpaired) electrons. The van der Waals surface area contributed by atoms with Crippen molar-refractivity contribution in [3.05, 3.63) is 60.7 Å². The number of aromatic nitrogens is 3. The lowest BCUT2D eigenvalue weighted by atomic mass is 10.1. The first kappa shape index (κ1) is 24.2. The minimum atomic E-state index is -3.71. The first-order chi connectivity index (χ1) is 15.7. The summed E-state index contributed by atoms with van der Waals surface area (Å²) >= 11 is 0. The highest BCUT2D eigenvalue weighted by atomic mass is 32.2. The molecule has 2 aromatic heterocycles. The van der Waals surface area contributed by atoms with Crippen LogP contribution in [-0.4, -0.2) is 59.9 Å². The highest BCUT2D eigenvalue weighted by Gasteiger charge is 2.26. The minimum Gasteiger partial charge on any atom is -0.383 e. The van der Waals surface area contributed by atoms with Crippen molar-refractivity contribution in [1.29, 1.82) is 0 Å². The van der Waals surface area contributed by atoms with Gasteiger partial charge in [-0.05, 0) is 38.1 Å². The average molecular weight is 471 g/mol. The van der Waals surface area contributed by atoms with Crippen LogP contribution in [0.5, 0.6) is 0 Å². The van der Waals surface area contributed by atoms with E-state index in [1.54, 1.807) is 30.5 Å². The molecule has 0 bridgehead atoms. The number of rotatable bonds is 9. The number of carbonyl (C=O) groups is 1. The zero-order valence-electron chi connectivity index (χ0n) is 18.6. The fourth-order valence-electron chi connectivity index (χ4n) is 3.10. The van der Waals surface area contributed by atoms with Gasteiger partial charge in [0.15, 0.2) is 11.5 Å². The second kappa shape index (κ2) is 10.5. The Labute approximate surface area is 192 Å². The van der Waals surface area contributed by atoms with Crippen molar-refractivity contribution in [2.24, 2.45) is 0 Å². The smallest absolute Gasteiger partial charge is 0.278 e. The molecule has 0 aliphatic heterocycles. The van der Waals surface area contributed by atoms with Crippen molar-refractivity contribution in [2.45, 2.75) is 24.8 Å². The molecular weight excluding hydrogens is 444 g/mol. The lowest BCUT2D eigenvalue weighted by molar-refractivity contribution is 0.102. The number of ether oxygens (including phenoxy) is 1. The van der Waals surface area contributed by atoms with Crippen molar-refractivity contribution in [3.8, 4) is 11.3 Å². The van der Waals surface area contributed by atoms with Crippen LogP contribution < -0.4 is 11.1 Å². The number of pyridine rings is 1. The largest absolute Gasteiger partial charge is 0.383 e. The van der Waals surface area contributed by atoms with Crippen LogP contribution in [0.25, 0.3) is 11.3 Å². The number of nitrogen functional groups attached to an aromatic ring is 1. The number of hydrogen-bond acceptors (Lipinski definition) is 8. The number of anilines is 2. The van der Waals surface area contributed by atoms with Crippen LogP contribution in [0.15, 0.2) is 59.9 Å². The number of nitrogens with one attached hydrogen (secondary N) is 1. The van der Waals surface area contributed by atoms with Crippen LogP contribution in [0.3, 0.4) is 0 Å². The summed E-state index contributed by atoms with van der Waals surface area (Å²) in [6.07, 6.45) is 4.52. The Morgan fingerprint density at radius 2 is 1.91 bits per heavy atom. The van der Waals surface area contributed by atoms with E-state index in [1.807, 2.05) is 13.8 Å². The van der Waals surface area contributed by atoms with E-state index >= 15 is 0 Å². The Kier molecular flexibility index (Phi) is 7.69. The summed E-state index contributed by atoms with van der Waals surface area (Å²) in [5.74, 6) is -0.551. The van der Waals surface area contributed by atoms with Gasteiger partial charge < -0.3 is 15.8 Å². The molecule has 33 heavy (non-hydrogen) atoms. The quantitative estimate of drug-likeness (QED) is 0.486. The number of nitrogens with two attached hydrogens (primary N) is 1. The van der Waals surface area contributed by atoms with E-state index in [2.05, 4.69) is 20.3 Å². The van der Waals surface area contributed by atoms with Gasteiger partial charge in [0.25, 0.3) is 5.91 Å². The van der Waals surface area contributed by atoms with Gasteiger partial charge in [-0.1, -0.05) is 12.1 Å². The lowest BCUT2D eigenvalue weighted by Gasteiger charge is -2.25. The third-order valence-electron chi connectivity index (χ3n) is 4.78. The number of nitrogens with zero attached hydrogens (tertiary/aromatic N) is 4. The maximum absolute atomic E-state index is 13.1. The molecule has 0 saturated heterocycles. The van der Waals surface area contributed by atoms with Crippen molar-refractivity contribution < 1.29 is 17.9 Å². The lowest BCUT2D eigenvalue weighted by Crippen LogP contribution is -2.39. The van der Waals surface area contributed by atoms with Gasteiger partial charge in [0.1, 0.15) is 0 Å². The van der Waals surface area contributed by atoms with Gasteiger partial charge in [-0.2, -0.15) is 4.31 Å². The highest BCUT2D eigenvalue weighted by Crippen LogP contribution is 2.24. The first-order valence-electron chi connectivity index (χ1n) is 10.2. The maximum Gasteiger partial charge on any atom is 0.278 e. The Morgan fingerprint density at radius 3 is 2.52 bits per heavy atom. The molecular formula is C22H26N6O4S. The Balaban J connectivity index is 1.86. The normalized spacial score (nSPS) is 11.7. The topological polar surface area (TPSA) is 140 Å². The molecule has 3 aromatic rings. The third kappa shape index (κ3) is 5.69. The van der Waals surface area contributed by atoms with E-state index < -0.39 is 15.9 Å². The number of hydrogen-bond donors (Lipinski definition) is 2. The van der Waals surface area contributed by atoms with Gasteiger partial charge in [-0.3, -0.25) is 9.78 Å². The van der Waals surface area contributed by atoms with Crippen molar-refractivity contribution >= 4 is 27.4 Å². The van der Waals surface area contributed by atoms with Gasteiger partial charge in [-0.15, -0.1) is 0 Å². The SMILES string of the molecule is COCCN(C(C)C)S(=O)(=O)c1ccc(-c2cnc(N)c(C(=O)Nc3cccnc3)n2)cc1. The maximum atomic E-state index is 13.1. The van der Waals surface area contributed by atoms with E-state index in [9.17, 15) is 13.2 Å². The summed E-state index contributed by atoms with van der Waals surface area (Å²) in [7, 11) is -2.18. The number of methoxy groups -OCH3 is 1. The molecule has 3 N–H and O–H groups in total. The van der Waals surface area contributed by atoms with E-state index in [4.69, 9.17) is 10.5 Å². The summed E-state index contributed by atoms with van der Waals surface area (Å²) in [4.78, 5) is 25.1. The first-order valence-corrected chi connectivity index (χ1v) is 11.6. The number of sulfonamides is 1. The van der Waals surface area contributed by atoms with Gasteiger partial charge in [0.2, 0.25) is 10.0 Å². The summed E-state index contributed by atoms with van der Waals surface area (Å²) < 4.78 is 32.5. The highest BCUT2D eigenvalue weighted by molar-refractivity contribution is 7.89. The van der Waals surface area contributed by atoms with Crippen LogP contribution in [0.4, 0.5) is 11.5 Å². The standard InChI is InChI=1S/C22H26N6O4S/c1-15(2)28(11-12-32-3)33(30,31)18-8-6-16(7-9-18)19-14-25-21(23)20(27-19)22(29)26-17-5-4-10-24-13-17/h4-10,13-15H,11-12H2,1-3H3,(H2,23,25)(H,26,29). The minimum absolute atomic E-state index is 0.0231. The molecule has 0 fully saturated rings. The molecule has 174 valence electrons. The summed E-state index contributed by atoms with van der Waals surface area (Å²) in [5, 5.41) is 2.67. The van der Waals surface area contributed by atoms with Crippen molar-refractivity contribution in [1.82, 2.24) is 19.3 Å². The predicted molar refractivity (Wildman–Crippen MR) is 125 cm³/mol. The number of amides is 1.